The minimum atomic E-state index is -0.882. The Morgan fingerprint density at radius 2 is 1.80 bits per heavy atom. The number of unbranched alkanes of at least 4 members (excludes halogenated alkanes) is 1. The van der Waals surface area contributed by atoms with Crippen molar-refractivity contribution in [2.45, 2.75) is 69.0 Å². The Kier molecular flexibility index (Phi) is 8.85. The van der Waals surface area contributed by atoms with Gasteiger partial charge in [-0.05, 0) is 43.5 Å². The van der Waals surface area contributed by atoms with Crippen LogP contribution in [-0.2, 0) is 14.4 Å². The van der Waals surface area contributed by atoms with Crippen molar-refractivity contribution in [1.29, 1.82) is 0 Å². The molecule has 1 spiro atoms. The van der Waals surface area contributed by atoms with Gasteiger partial charge in [0.15, 0.2) is 0 Å². The molecule has 0 saturated carbocycles. The lowest BCUT2D eigenvalue weighted by atomic mass is 9.78. The summed E-state index contributed by atoms with van der Waals surface area (Å²) >= 11 is 1.58. The molecule has 3 amide bonds. The van der Waals surface area contributed by atoms with E-state index in [2.05, 4.69) is 19.1 Å². The fourth-order valence-corrected chi connectivity index (χ4v) is 8.96. The number of aliphatic hydroxyl groups is 1. The lowest BCUT2D eigenvalue weighted by Gasteiger charge is -2.40. The Balaban J connectivity index is 1.57. The number of carbonyl (C=O) groups is 3. The third-order valence-corrected chi connectivity index (χ3v) is 11.0. The Hall–Kier alpha value is -2.78. The summed E-state index contributed by atoms with van der Waals surface area (Å²) in [6.45, 7) is 9.92. The number of hydrogen-bond acceptors (Lipinski definition) is 6. The molecule has 222 valence electrons. The van der Waals surface area contributed by atoms with Gasteiger partial charge in [-0.2, -0.15) is 0 Å². The van der Waals surface area contributed by atoms with Gasteiger partial charge in [0, 0.05) is 30.6 Å². The number of nitrogens with zero attached hydrogens (tertiary/aromatic N) is 3. The molecule has 1 N–H and O–H groups in total. The SMILES string of the molecule is CCCCN1CC=C[C@]23S[C@H]4C=CCN(c5ccc(OCC)cc5)C(=O)[C@H]4[C@H]2C(=O)N([C@@H](CO)[C@@H](C)CC)C3C1=O. The molecular formula is C32H43N3O5S. The van der Waals surface area contributed by atoms with Gasteiger partial charge in [-0.15, -0.1) is 11.8 Å². The maximum Gasteiger partial charge on any atom is 0.247 e. The van der Waals surface area contributed by atoms with Crippen molar-refractivity contribution in [3.05, 3.63) is 48.6 Å². The van der Waals surface area contributed by atoms with Gasteiger partial charge in [-0.1, -0.05) is 57.9 Å². The zero-order valence-electron chi connectivity index (χ0n) is 24.6. The summed E-state index contributed by atoms with van der Waals surface area (Å²) in [4.78, 5) is 48.7. The molecule has 4 aliphatic heterocycles. The number of rotatable bonds is 10. The Labute approximate surface area is 247 Å². The molecule has 2 fully saturated rings. The Morgan fingerprint density at radius 3 is 2.46 bits per heavy atom. The van der Waals surface area contributed by atoms with E-state index in [0.29, 0.717) is 26.2 Å². The van der Waals surface area contributed by atoms with Gasteiger partial charge in [0.25, 0.3) is 0 Å². The summed E-state index contributed by atoms with van der Waals surface area (Å²) in [5.41, 5.74) is 0.750. The van der Waals surface area contributed by atoms with Crippen LogP contribution in [0.5, 0.6) is 5.75 Å². The number of aliphatic hydroxyl groups excluding tert-OH is 1. The molecule has 4 aliphatic rings. The number of carbonyl (C=O) groups excluding carboxylic acids is 3. The zero-order valence-corrected chi connectivity index (χ0v) is 25.4. The molecule has 9 heteroatoms. The molecule has 0 aromatic heterocycles. The number of ether oxygens (including phenoxy) is 1. The predicted octanol–water partition coefficient (Wildman–Crippen LogP) is 3.89. The molecule has 5 rings (SSSR count). The molecule has 4 heterocycles. The van der Waals surface area contributed by atoms with Crippen molar-refractivity contribution in [1.82, 2.24) is 9.80 Å². The van der Waals surface area contributed by atoms with Crippen LogP contribution in [0.4, 0.5) is 5.69 Å². The minimum absolute atomic E-state index is 0.00479. The van der Waals surface area contributed by atoms with Crippen LogP contribution in [0.25, 0.3) is 0 Å². The second-order valence-electron chi connectivity index (χ2n) is 11.6. The number of hydrogen-bond donors (Lipinski definition) is 1. The lowest BCUT2D eigenvalue weighted by molar-refractivity contribution is -0.146. The average Bonchev–Trinajstić information content (AvgIpc) is 3.29. The van der Waals surface area contributed by atoms with Crippen LogP contribution in [0.1, 0.15) is 47.0 Å². The normalized spacial score (nSPS) is 30.6. The van der Waals surface area contributed by atoms with Crippen molar-refractivity contribution < 1.29 is 24.2 Å². The van der Waals surface area contributed by atoms with Crippen LogP contribution in [0.15, 0.2) is 48.6 Å². The Morgan fingerprint density at radius 1 is 1.05 bits per heavy atom. The van der Waals surface area contributed by atoms with Crippen molar-refractivity contribution in [3.63, 3.8) is 0 Å². The molecule has 1 unspecified atom stereocenters. The fourth-order valence-electron chi connectivity index (χ4n) is 6.97. The zero-order chi connectivity index (χ0) is 29.3. The smallest absolute Gasteiger partial charge is 0.247 e. The third kappa shape index (κ3) is 4.99. The van der Waals surface area contributed by atoms with Crippen molar-refractivity contribution in [2.75, 3.05) is 37.7 Å². The second kappa shape index (κ2) is 12.2. The number of thioether (sulfide) groups is 1. The van der Waals surface area contributed by atoms with Gasteiger partial charge in [0.2, 0.25) is 17.7 Å². The van der Waals surface area contributed by atoms with E-state index in [1.807, 2.05) is 62.1 Å². The summed E-state index contributed by atoms with van der Waals surface area (Å²) in [5, 5.41) is 10.3. The van der Waals surface area contributed by atoms with Crippen LogP contribution < -0.4 is 9.64 Å². The van der Waals surface area contributed by atoms with Gasteiger partial charge < -0.3 is 24.5 Å². The summed E-state index contributed by atoms with van der Waals surface area (Å²) in [5.74, 6) is -0.973. The van der Waals surface area contributed by atoms with Crippen LogP contribution in [0, 0.1) is 17.8 Å². The average molecular weight is 582 g/mol. The molecule has 0 aliphatic carbocycles. The quantitative estimate of drug-likeness (QED) is 0.422. The number of likely N-dealkylation sites (tertiary alicyclic amines) is 1. The van der Waals surface area contributed by atoms with Crippen LogP contribution in [0.3, 0.4) is 0 Å². The van der Waals surface area contributed by atoms with E-state index < -0.39 is 28.7 Å². The first-order valence-electron chi connectivity index (χ1n) is 15.1. The van der Waals surface area contributed by atoms with E-state index in [9.17, 15) is 19.5 Å². The summed E-state index contributed by atoms with van der Waals surface area (Å²) in [6, 6.07) is 6.21. The van der Waals surface area contributed by atoms with Crippen molar-refractivity contribution >= 4 is 35.2 Å². The topological polar surface area (TPSA) is 90.4 Å². The van der Waals surface area contributed by atoms with E-state index in [1.54, 1.807) is 21.6 Å². The van der Waals surface area contributed by atoms with Crippen LogP contribution >= 0.6 is 11.8 Å². The standard InChI is InChI=1S/C32H43N3O5S/c1-5-8-17-33-18-10-16-32-27(30(38)35(28(32)31(33)39)24(20-36)21(4)6-2)26-25(41-32)11-9-19-34(29(26)37)22-12-14-23(15-13-22)40-7-3/h9-16,21,24-28,36H,5-8,17-20H2,1-4H3/t21-,24-,25-,26+,27-,28?,32-/m0/s1. The van der Waals surface area contributed by atoms with Crippen LogP contribution in [0.2, 0.25) is 0 Å². The van der Waals surface area contributed by atoms with E-state index in [-0.39, 0.29) is 35.5 Å². The second-order valence-corrected chi connectivity index (χ2v) is 13.1. The maximum absolute atomic E-state index is 14.6. The first-order valence-corrected chi connectivity index (χ1v) is 16.0. The molecule has 8 nitrogen and oxygen atoms in total. The molecule has 0 radical (unpaired) electrons. The van der Waals surface area contributed by atoms with Crippen molar-refractivity contribution in [3.8, 4) is 5.75 Å². The number of benzene rings is 1. The maximum atomic E-state index is 14.6. The highest BCUT2D eigenvalue weighted by atomic mass is 32.2. The van der Waals surface area contributed by atoms with Crippen LogP contribution in [-0.4, -0.2) is 87.6 Å². The third-order valence-electron chi connectivity index (χ3n) is 9.27. The monoisotopic (exact) mass is 581 g/mol. The first kappa shape index (κ1) is 29.7. The molecule has 7 atom stereocenters. The number of amides is 3. The van der Waals surface area contributed by atoms with E-state index in [0.717, 1.165) is 30.7 Å². The van der Waals surface area contributed by atoms with Gasteiger partial charge >= 0.3 is 0 Å². The molecule has 2 saturated heterocycles. The Bertz CT molecular complexity index is 1200. The number of anilines is 1. The highest BCUT2D eigenvalue weighted by molar-refractivity contribution is 8.02. The van der Waals surface area contributed by atoms with E-state index >= 15 is 0 Å². The van der Waals surface area contributed by atoms with Gasteiger partial charge in [-0.25, -0.2) is 0 Å². The molecular weight excluding hydrogens is 538 g/mol. The number of fused-ring (bicyclic) bond motifs is 2. The highest BCUT2D eigenvalue weighted by Crippen LogP contribution is 2.61. The fraction of sp³-hybridized carbons (Fsp3) is 0.594. The minimum Gasteiger partial charge on any atom is -0.494 e. The van der Waals surface area contributed by atoms with Gasteiger partial charge in [-0.3, -0.25) is 14.4 Å². The highest BCUT2D eigenvalue weighted by Gasteiger charge is 2.72. The summed E-state index contributed by atoms with van der Waals surface area (Å²) < 4.78 is 4.71. The predicted molar refractivity (Wildman–Crippen MR) is 162 cm³/mol. The molecule has 0 bridgehead atoms. The van der Waals surface area contributed by atoms with Crippen molar-refractivity contribution in [2.24, 2.45) is 17.8 Å². The first-order chi connectivity index (χ1) is 19.8. The summed E-state index contributed by atoms with van der Waals surface area (Å²) in [6.07, 6.45) is 10.7. The molecule has 1 aromatic rings. The lowest BCUT2D eigenvalue weighted by Crippen LogP contribution is -2.57. The summed E-state index contributed by atoms with van der Waals surface area (Å²) in [7, 11) is 0. The van der Waals surface area contributed by atoms with E-state index in [1.165, 1.54) is 0 Å². The van der Waals surface area contributed by atoms with Gasteiger partial charge in [0.05, 0.1) is 35.8 Å². The molecule has 1 aromatic carbocycles. The molecule has 41 heavy (non-hydrogen) atoms. The van der Waals surface area contributed by atoms with E-state index in [4.69, 9.17) is 4.74 Å². The largest absolute Gasteiger partial charge is 0.494 e. The van der Waals surface area contributed by atoms with Gasteiger partial charge in [0.1, 0.15) is 11.8 Å².